The molecule has 0 saturated heterocycles. The number of thiophene rings is 1. The minimum atomic E-state index is 0. The van der Waals surface area contributed by atoms with E-state index in [1.165, 1.54) is 27.0 Å². The second kappa shape index (κ2) is 9.97. The van der Waals surface area contributed by atoms with Gasteiger partial charge in [-0.1, -0.05) is 31.2 Å². The topological polar surface area (TPSA) is 52.2 Å². The maximum atomic E-state index is 4.33. The van der Waals surface area contributed by atoms with Crippen LogP contribution in [0, 0.1) is 6.92 Å². The fourth-order valence-corrected chi connectivity index (χ4v) is 3.89. The third kappa shape index (κ3) is 5.01. The fourth-order valence-electron chi connectivity index (χ4n) is 3.11. The summed E-state index contributed by atoms with van der Waals surface area (Å²) in [5.74, 6) is 1.34. The highest BCUT2D eigenvalue weighted by Crippen LogP contribution is 2.22. The molecule has 26 heavy (non-hydrogen) atoms. The Morgan fingerprint density at radius 3 is 2.73 bits per heavy atom. The summed E-state index contributed by atoms with van der Waals surface area (Å²) in [5, 5.41) is 10.3. The van der Waals surface area contributed by atoms with Crippen molar-refractivity contribution < 1.29 is 0 Å². The van der Waals surface area contributed by atoms with Crippen molar-refractivity contribution in [2.24, 2.45) is 4.99 Å². The first-order valence-corrected chi connectivity index (χ1v) is 9.61. The van der Waals surface area contributed by atoms with E-state index >= 15 is 0 Å². The van der Waals surface area contributed by atoms with Crippen LogP contribution >= 0.6 is 35.3 Å². The van der Waals surface area contributed by atoms with Gasteiger partial charge in [-0.2, -0.15) is 0 Å². The van der Waals surface area contributed by atoms with E-state index in [9.17, 15) is 0 Å². The van der Waals surface area contributed by atoms with Crippen LogP contribution in [-0.2, 0) is 6.42 Å². The number of halogens is 1. The molecule has 0 saturated carbocycles. The fraction of sp³-hybridized carbons (Fsp3) is 0.350. The van der Waals surface area contributed by atoms with Crippen molar-refractivity contribution >= 4 is 52.2 Å². The van der Waals surface area contributed by atoms with E-state index in [2.05, 4.69) is 76.2 Å². The van der Waals surface area contributed by atoms with E-state index in [1.54, 1.807) is 11.3 Å². The first-order valence-electron chi connectivity index (χ1n) is 8.73. The molecule has 0 fully saturated rings. The van der Waals surface area contributed by atoms with Crippen LogP contribution in [0.15, 0.2) is 46.8 Å². The molecule has 0 aliphatic rings. The highest BCUT2D eigenvalue weighted by Gasteiger charge is 2.09. The first-order chi connectivity index (χ1) is 12.2. The molecule has 0 aliphatic carbocycles. The van der Waals surface area contributed by atoms with Gasteiger partial charge in [0.15, 0.2) is 5.96 Å². The van der Waals surface area contributed by atoms with E-state index in [0.29, 0.717) is 5.92 Å². The van der Waals surface area contributed by atoms with E-state index in [-0.39, 0.29) is 24.0 Å². The van der Waals surface area contributed by atoms with Crippen LogP contribution < -0.4 is 10.6 Å². The summed E-state index contributed by atoms with van der Waals surface area (Å²) < 4.78 is 0. The molecule has 0 radical (unpaired) electrons. The predicted molar refractivity (Wildman–Crippen MR) is 124 cm³/mol. The Bertz CT molecular complexity index is 839. The van der Waals surface area contributed by atoms with Crippen LogP contribution in [-0.4, -0.2) is 31.1 Å². The van der Waals surface area contributed by atoms with Crippen LogP contribution in [0.3, 0.4) is 0 Å². The lowest BCUT2D eigenvalue weighted by atomic mass is 10.1. The van der Waals surface area contributed by atoms with Crippen molar-refractivity contribution in [2.75, 3.05) is 20.1 Å². The Hall–Kier alpha value is -1.54. The molecule has 2 heterocycles. The third-order valence-electron chi connectivity index (χ3n) is 4.52. The summed E-state index contributed by atoms with van der Waals surface area (Å²) in [6, 6.07) is 12.8. The summed E-state index contributed by atoms with van der Waals surface area (Å²) >= 11 is 1.81. The molecule has 6 heteroatoms. The number of guanidine groups is 1. The van der Waals surface area contributed by atoms with Crippen molar-refractivity contribution in [3.05, 3.63) is 57.9 Å². The molecule has 4 nitrogen and oxygen atoms in total. The number of fused-ring (bicyclic) bond motifs is 1. The molecular formula is C20H27IN4S. The summed E-state index contributed by atoms with van der Waals surface area (Å²) in [6.07, 6.45) is 0.969. The summed E-state index contributed by atoms with van der Waals surface area (Å²) in [6.45, 7) is 6.12. The monoisotopic (exact) mass is 482 g/mol. The van der Waals surface area contributed by atoms with Gasteiger partial charge >= 0.3 is 0 Å². The quantitative estimate of drug-likeness (QED) is 0.272. The Morgan fingerprint density at radius 2 is 2.00 bits per heavy atom. The van der Waals surface area contributed by atoms with Gasteiger partial charge in [-0.05, 0) is 36.4 Å². The largest absolute Gasteiger partial charge is 0.358 e. The SMILES string of the molecule is CN=C(NCCc1c(C)[nH]c2ccccc12)NCC(C)c1cccs1.I. The number of aromatic nitrogens is 1. The van der Waals surface area contributed by atoms with Gasteiger partial charge in [-0.3, -0.25) is 4.99 Å². The van der Waals surface area contributed by atoms with Gasteiger partial charge < -0.3 is 15.6 Å². The summed E-state index contributed by atoms with van der Waals surface area (Å²) in [7, 11) is 1.82. The zero-order valence-electron chi connectivity index (χ0n) is 15.5. The molecule has 3 rings (SSSR count). The number of H-pyrrole nitrogens is 1. The summed E-state index contributed by atoms with van der Waals surface area (Å²) in [4.78, 5) is 9.20. The van der Waals surface area contributed by atoms with Crippen molar-refractivity contribution in [2.45, 2.75) is 26.2 Å². The number of hydrogen-bond acceptors (Lipinski definition) is 2. The average molecular weight is 482 g/mol. The summed E-state index contributed by atoms with van der Waals surface area (Å²) in [5.41, 5.74) is 3.84. The Morgan fingerprint density at radius 1 is 1.19 bits per heavy atom. The second-order valence-electron chi connectivity index (χ2n) is 6.32. The zero-order valence-corrected chi connectivity index (χ0v) is 18.7. The van der Waals surface area contributed by atoms with Crippen molar-refractivity contribution in [1.29, 1.82) is 0 Å². The van der Waals surface area contributed by atoms with Gasteiger partial charge in [0.1, 0.15) is 0 Å². The molecule has 1 aromatic carbocycles. The number of aryl methyl sites for hydroxylation is 1. The van der Waals surface area contributed by atoms with Crippen molar-refractivity contribution in [3.63, 3.8) is 0 Å². The highest BCUT2D eigenvalue weighted by atomic mass is 127. The molecule has 0 aliphatic heterocycles. The molecule has 140 valence electrons. The molecule has 0 spiro atoms. The molecular weight excluding hydrogens is 455 g/mol. The highest BCUT2D eigenvalue weighted by molar-refractivity contribution is 14.0. The number of nitrogens with one attached hydrogen (secondary N) is 3. The van der Waals surface area contributed by atoms with E-state index in [1.807, 2.05) is 7.05 Å². The number of aliphatic imine (C=N–C) groups is 1. The van der Waals surface area contributed by atoms with Crippen LogP contribution in [0.4, 0.5) is 0 Å². The Kier molecular flexibility index (Phi) is 7.96. The predicted octanol–water partition coefficient (Wildman–Crippen LogP) is 4.67. The molecule has 3 N–H and O–H groups in total. The van der Waals surface area contributed by atoms with Crippen LogP contribution in [0.2, 0.25) is 0 Å². The van der Waals surface area contributed by atoms with Crippen LogP contribution in [0.1, 0.15) is 29.0 Å². The van der Waals surface area contributed by atoms with Gasteiger partial charge in [0, 0.05) is 47.5 Å². The standard InChI is InChI=1S/C20H26N4S.HI/c1-14(19-9-6-12-25-19)13-23-20(21-3)22-11-10-16-15(2)24-18-8-5-4-7-17(16)18;/h4-9,12,14,24H,10-11,13H2,1-3H3,(H2,21,22,23);1H. The average Bonchev–Trinajstić information content (AvgIpc) is 3.26. The number of para-hydroxylation sites is 1. The van der Waals surface area contributed by atoms with Gasteiger partial charge in [0.25, 0.3) is 0 Å². The van der Waals surface area contributed by atoms with E-state index < -0.39 is 0 Å². The van der Waals surface area contributed by atoms with Gasteiger partial charge in [0.05, 0.1) is 0 Å². The van der Waals surface area contributed by atoms with Crippen molar-refractivity contribution in [3.8, 4) is 0 Å². The second-order valence-corrected chi connectivity index (χ2v) is 7.30. The lowest BCUT2D eigenvalue weighted by Crippen LogP contribution is -2.39. The van der Waals surface area contributed by atoms with E-state index in [4.69, 9.17) is 0 Å². The molecule has 1 atom stereocenters. The number of benzene rings is 1. The third-order valence-corrected chi connectivity index (χ3v) is 5.63. The molecule has 3 aromatic rings. The zero-order chi connectivity index (χ0) is 17.6. The first kappa shape index (κ1) is 20.8. The molecule has 0 bridgehead atoms. The number of nitrogens with zero attached hydrogens (tertiary/aromatic N) is 1. The lowest BCUT2D eigenvalue weighted by molar-refractivity contribution is 0.707. The maximum absolute atomic E-state index is 4.33. The Balaban J connectivity index is 0.00000243. The number of aromatic amines is 1. The van der Waals surface area contributed by atoms with Crippen molar-refractivity contribution in [1.82, 2.24) is 15.6 Å². The lowest BCUT2D eigenvalue weighted by Gasteiger charge is -2.15. The minimum Gasteiger partial charge on any atom is -0.358 e. The van der Waals surface area contributed by atoms with Crippen LogP contribution in [0.5, 0.6) is 0 Å². The smallest absolute Gasteiger partial charge is 0.191 e. The normalized spacial score (nSPS) is 12.7. The van der Waals surface area contributed by atoms with Gasteiger partial charge in [-0.25, -0.2) is 0 Å². The molecule has 1 unspecified atom stereocenters. The van der Waals surface area contributed by atoms with E-state index in [0.717, 1.165) is 25.5 Å². The van der Waals surface area contributed by atoms with Gasteiger partial charge in [0.2, 0.25) is 0 Å². The molecule has 2 aromatic heterocycles. The molecule has 0 amide bonds. The minimum absolute atomic E-state index is 0. The maximum Gasteiger partial charge on any atom is 0.191 e. The number of rotatable bonds is 6. The van der Waals surface area contributed by atoms with Crippen LogP contribution in [0.25, 0.3) is 10.9 Å². The Labute approximate surface area is 176 Å². The number of hydrogen-bond donors (Lipinski definition) is 3. The van der Waals surface area contributed by atoms with Gasteiger partial charge in [-0.15, -0.1) is 35.3 Å².